The zero-order valence-corrected chi connectivity index (χ0v) is 19.6. The highest BCUT2D eigenvalue weighted by atomic mass is 16.5. The van der Waals surface area contributed by atoms with Gasteiger partial charge < -0.3 is 14.0 Å². The highest BCUT2D eigenvalue weighted by Gasteiger charge is 2.20. The lowest BCUT2D eigenvalue weighted by Crippen LogP contribution is -2.33. The van der Waals surface area contributed by atoms with Crippen LogP contribution >= 0.6 is 0 Å². The predicted molar refractivity (Wildman–Crippen MR) is 128 cm³/mol. The third kappa shape index (κ3) is 5.14. The summed E-state index contributed by atoms with van der Waals surface area (Å²) < 4.78 is 13.5. The first-order valence-electron chi connectivity index (χ1n) is 11.1. The van der Waals surface area contributed by atoms with Crippen LogP contribution in [0.3, 0.4) is 0 Å². The van der Waals surface area contributed by atoms with E-state index in [0.717, 1.165) is 18.4 Å². The summed E-state index contributed by atoms with van der Waals surface area (Å²) in [7, 11) is 0. The Kier molecular flexibility index (Phi) is 8.13. The fourth-order valence-electron chi connectivity index (χ4n) is 3.48. The fraction of sp³-hybridized carbons (Fsp3) is 0.320. The second-order valence-electron chi connectivity index (χ2n) is 7.53. The van der Waals surface area contributed by atoms with Gasteiger partial charge >= 0.3 is 5.97 Å². The lowest BCUT2D eigenvalue weighted by Gasteiger charge is -2.15. The van der Waals surface area contributed by atoms with E-state index in [1.54, 1.807) is 29.8 Å². The monoisotopic (exact) mass is 464 g/mol. The van der Waals surface area contributed by atoms with Crippen LogP contribution in [0.2, 0.25) is 0 Å². The number of amides is 1. The van der Waals surface area contributed by atoms with Gasteiger partial charge in [0.15, 0.2) is 12.1 Å². The van der Waals surface area contributed by atoms with E-state index in [1.165, 1.54) is 22.8 Å². The van der Waals surface area contributed by atoms with Crippen LogP contribution in [0.5, 0.6) is 0 Å². The third-order valence-electron chi connectivity index (χ3n) is 5.08. The van der Waals surface area contributed by atoms with Crippen molar-refractivity contribution in [2.75, 3.05) is 13.2 Å². The van der Waals surface area contributed by atoms with Crippen molar-refractivity contribution in [2.45, 2.75) is 40.2 Å². The van der Waals surface area contributed by atoms with E-state index in [4.69, 9.17) is 14.5 Å². The molecular weight excluding hydrogens is 436 g/mol. The molecule has 3 aromatic rings. The highest BCUT2D eigenvalue weighted by Crippen LogP contribution is 2.14. The van der Waals surface area contributed by atoms with Crippen LogP contribution in [0, 0.1) is 6.92 Å². The summed E-state index contributed by atoms with van der Waals surface area (Å²) in [6, 6.07) is 5.03. The number of nitrogens with zero attached hydrogens (tertiary/aromatic N) is 4. The van der Waals surface area contributed by atoms with Gasteiger partial charge in [-0.3, -0.25) is 14.0 Å². The summed E-state index contributed by atoms with van der Waals surface area (Å²) in [6.07, 6.45) is 7.57. The summed E-state index contributed by atoms with van der Waals surface area (Å²) in [6.45, 7) is 9.29. The molecule has 0 saturated carbocycles. The molecule has 0 aliphatic rings. The lowest BCUT2D eigenvalue weighted by molar-refractivity contribution is -0.120. The molecule has 0 aliphatic carbocycles. The van der Waals surface area contributed by atoms with Crippen molar-refractivity contribution in [3.63, 3.8) is 0 Å². The number of hydrogen-bond donors (Lipinski definition) is 0. The van der Waals surface area contributed by atoms with Gasteiger partial charge in [0.2, 0.25) is 0 Å². The third-order valence-corrected chi connectivity index (χ3v) is 5.08. The number of carbonyl (C=O) groups is 2. The number of unbranched alkanes of at least 4 members (excludes halogenated alkanes) is 1. The van der Waals surface area contributed by atoms with E-state index in [-0.39, 0.29) is 35.2 Å². The maximum absolute atomic E-state index is 13.4. The summed E-state index contributed by atoms with van der Waals surface area (Å²) >= 11 is 0. The molecular formula is C25H28N4O5. The Morgan fingerprint density at radius 2 is 2.06 bits per heavy atom. The normalized spacial score (nSPS) is 11.9. The van der Waals surface area contributed by atoms with Crippen LogP contribution in [0.1, 0.15) is 42.6 Å². The van der Waals surface area contributed by atoms with Gasteiger partial charge in [-0.1, -0.05) is 32.1 Å². The van der Waals surface area contributed by atoms with E-state index in [9.17, 15) is 14.4 Å². The van der Waals surface area contributed by atoms with Crippen LogP contribution < -0.4 is 11.0 Å². The van der Waals surface area contributed by atoms with Crippen molar-refractivity contribution in [3.8, 4) is 0 Å². The Labute approximate surface area is 196 Å². The molecule has 0 bridgehead atoms. The van der Waals surface area contributed by atoms with E-state index < -0.39 is 11.9 Å². The Hall–Kier alpha value is -4.01. The number of aromatic nitrogens is 3. The largest absolute Gasteiger partial charge is 0.491 e. The first-order chi connectivity index (χ1) is 16.4. The minimum Gasteiger partial charge on any atom is -0.491 e. The Bertz CT molecular complexity index is 1400. The van der Waals surface area contributed by atoms with Gasteiger partial charge in [0.1, 0.15) is 16.9 Å². The van der Waals surface area contributed by atoms with Crippen molar-refractivity contribution >= 4 is 28.6 Å². The van der Waals surface area contributed by atoms with Crippen molar-refractivity contribution in [1.29, 1.82) is 0 Å². The van der Waals surface area contributed by atoms with Crippen molar-refractivity contribution in [3.05, 3.63) is 76.4 Å². The number of fused-ring (bicyclic) bond motifs is 2. The second-order valence-corrected chi connectivity index (χ2v) is 7.53. The smallest absolute Gasteiger partial charge is 0.341 e. The summed E-state index contributed by atoms with van der Waals surface area (Å²) in [5.41, 5.74) is 1.44. The van der Waals surface area contributed by atoms with Crippen LogP contribution in [-0.2, 0) is 20.8 Å². The Morgan fingerprint density at radius 3 is 2.76 bits per heavy atom. The minimum absolute atomic E-state index is 0.0203. The summed E-state index contributed by atoms with van der Waals surface area (Å²) in [4.78, 5) is 47.7. The van der Waals surface area contributed by atoms with Gasteiger partial charge in [-0.05, 0) is 44.0 Å². The van der Waals surface area contributed by atoms with Gasteiger partial charge in [0.05, 0.1) is 18.3 Å². The fourth-order valence-corrected chi connectivity index (χ4v) is 3.48. The van der Waals surface area contributed by atoms with Crippen molar-refractivity contribution in [2.24, 2.45) is 4.99 Å². The van der Waals surface area contributed by atoms with Gasteiger partial charge in [-0.25, -0.2) is 9.78 Å². The van der Waals surface area contributed by atoms with Crippen molar-refractivity contribution < 1.29 is 19.1 Å². The standard InChI is InChI=1S/C25H28N4O5/c1-5-8-12-28-22-18(24(31)29-13-10-11-17(4)21(29)27-22)15-19(25(32)34-7-3)23(28)26-20(30)16-33-14-9-6-2/h6,9-11,13-15H,2,5,7-8,12,16H2,1,3-4H3/b14-9+,26-23?. The van der Waals surface area contributed by atoms with Crippen LogP contribution in [0.25, 0.3) is 16.7 Å². The molecule has 0 radical (unpaired) electrons. The first-order valence-corrected chi connectivity index (χ1v) is 11.1. The van der Waals surface area contributed by atoms with Gasteiger partial charge in [-0.15, -0.1) is 0 Å². The van der Waals surface area contributed by atoms with Crippen molar-refractivity contribution in [1.82, 2.24) is 14.0 Å². The average molecular weight is 465 g/mol. The van der Waals surface area contributed by atoms with E-state index in [1.807, 2.05) is 19.9 Å². The molecule has 9 heteroatoms. The Balaban J connectivity index is 2.38. The number of allylic oxidation sites excluding steroid dienone is 2. The quantitative estimate of drug-likeness (QED) is 0.209. The topological polar surface area (TPSA) is 104 Å². The average Bonchev–Trinajstić information content (AvgIpc) is 2.82. The maximum atomic E-state index is 13.4. The molecule has 178 valence electrons. The van der Waals surface area contributed by atoms with Gasteiger partial charge in [0, 0.05) is 12.7 Å². The van der Waals surface area contributed by atoms with Crippen LogP contribution in [-0.4, -0.2) is 39.0 Å². The molecule has 0 aliphatic heterocycles. The molecule has 0 atom stereocenters. The van der Waals surface area contributed by atoms with Gasteiger partial charge in [-0.2, -0.15) is 4.99 Å². The maximum Gasteiger partial charge on any atom is 0.341 e. The summed E-state index contributed by atoms with van der Waals surface area (Å²) in [5, 5.41) is 0.235. The molecule has 0 saturated heterocycles. The van der Waals surface area contributed by atoms with Crippen LogP contribution in [0.15, 0.2) is 59.2 Å². The number of esters is 1. The zero-order valence-electron chi connectivity index (χ0n) is 19.6. The molecule has 0 unspecified atom stereocenters. The van der Waals surface area contributed by atoms with Gasteiger partial charge in [0.25, 0.3) is 11.5 Å². The molecule has 3 rings (SSSR count). The zero-order chi connectivity index (χ0) is 24.7. The molecule has 3 aromatic heterocycles. The second kappa shape index (κ2) is 11.2. The minimum atomic E-state index is -0.678. The number of hydrogen-bond acceptors (Lipinski definition) is 6. The molecule has 1 amide bonds. The lowest BCUT2D eigenvalue weighted by atomic mass is 10.2. The number of aryl methyl sites for hydroxylation is 2. The molecule has 0 spiro atoms. The molecule has 9 nitrogen and oxygen atoms in total. The Morgan fingerprint density at radius 1 is 1.26 bits per heavy atom. The molecule has 0 aromatic carbocycles. The molecule has 0 N–H and O–H groups in total. The summed E-state index contributed by atoms with van der Waals surface area (Å²) in [5.74, 6) is -1.28. The van der Waals surface area contributed by atoms with Crippen LogP contribution in [0.4, 0.5) is 0 Å². The number of ether oxygens (including phenoxy) is 2. The molecule has 0 fully saturated rings. The van der Waals surface area contributed by atoms with E-state index >= 15 is 0 Å². The number of rotatable bonds is 9. The van der Waals surface area contributed by atoms with E-state index in [0.29, 0.717) is 17.8 Å². The molecule has 3 heterocycles. The predicted octanol–water partition coefficient (Wildman–Crippen LogP) is 3.08. The number of carbonyl (C=O) groups excluding carboxylic acids is 2. The van der Waals surface area contributed by atoms with E-state index in [2.05, 4.69) is 11.6 Å². The highest BCUT2D eigenvalue weighted by molar-refractivity contribution is 5.93. The molecule has 34 heavy (non-hydrogen) atoms. The SMILES string of the molecule is C=C/C=C/OCC(=O)N=c1c(C(=O)OCC)cc2c(=O)n3cccc(C)c3nc2n1CCCC. The first kappa shape index (κ1) is 24.6. The number of pyridine rings is 2.